The summed E-state index contributed by atoms with van der Waals surface area (Å²) in [6.45, 7) is -0.488. The molecule has 0 aliphatic carbocycles. The number of halogens is 3. The van der Waals surface area contributed by atoms with Gasteiger partial charge in [0.2, 0.25) is 5.95 Å². The highest BCUT2D eigenvalue weighted by molar-refractivity contribution is 5.92. The molecule has 0 spiro atoms. The fourth-order valence-corrected chi connectivity index (χ4v) is 3.15. The number of rotatable bonds is 7. The molecular weight excluding hydrogens is 445 g/mol. The van der Waals surface area contributed by atoms with E-state index in [2.05, 4.69) is 10.3 Å². The molecular formula is C21H15F3N4O5. The number of ether oxygens (including phenoxy) is 1. The predicted octanol–water partition coefficient (Wildman–Crippen LogP) is 4.62. The number of amides is 1. The Hall–Kier alpha value is -4.35. The molecule has 1 N–H and O–H groups in total. The summed E-state index contributed by atoms with van der Waals surface area (Å²) in [7, 11) is 0. The van der Waals surface area contributed by atoms with E-state index in [1.165, 1.54) is 41.2 Å². The van der Waals surface area contributed by atoms with Crippen LogP contribution in [0.25, 0.3) is 11.0 Å². The van der Waals surface area contributed by atoms with Crippen LogP contribution in [0.4, 0.5) is 24.8 Å². The first-order valence-electron chi connectivity index (χ1n) is 9.48. The monoisotopic (exact) mass is 460 g/mol. The lowest BCUT2D eigenvalue weighted by Crippen LogP contribution is -2.22. The van der Waals surface area contributed by atoms with Crippen molar-refractivity contribution in [1.29, 1.82) is 0 Å². The maximum Gasteiger partial charge on any atom is 0.416 e. The van der Waals surface area contributed by atoms with E-state index in [4.69, 9.17) is 9.15 Å². The van der Waals surface area contributed by atoms with Crippen LogP contribution in [0.5, 0.6) is 5.75 Å². The van der Waals surface area contributed by atoms with Gasteiger partial charge >= 0.3 is 11.9 Å². The first-order chi connectivity index (χ1) is 15.7. The van der Waals surface area contributed by atoms with Gasteiger partial charge in [-0.05, 0) is 36.4 Å². The summed E-state index contributed by atoms with van der Waals surface area (Å²) in [5.41, 5.74) is -0.828. The van der Waals surface area contributed by atoms with E-state index in [1.807, 2.05) is 0 Å². The molecule has 0 aliphatic rings. The average molecular weight is 460 g/mol. The summed E-state index contributed by atoms with van der Waals surface area (Å²) in [6.07, 6.45) is -3.12. The van der Waals surface area contributed by atoms with Crippen LogP contribution in [0.3, 0.4) is 0 Å². The Labute approximate surface area is 183 Å². The van der Waals surface area contributed by atoms with Gasteiger partial charge in [0.05, 0.1) is 34.3 Å². The van der Waals surface area contributed by atoms with Crippen LogP contribution in [-0.2, 0) is 17.5 Å². The molecule has 0 atom stereocenters. The van der Waals surface area contributed by atoms with Crippen molar-refractivity contribution >= 4 is 28.6 Å². The van der Waals surface area contributed by atoms with E-state index in [0.29, 0.717) is 11.3 Å². The molecule has 4 rings (SSSR count). The molecule has 2 aromatic carbocycles. The fraction of sp³-hybridized carbons (Fsp3) is 0.143. The van der Waals surface area contributed by atoms with Crippen LogP contribution in [0, 0.1) is 10.1 Å². The number of imidazole rings is 1. The average Bonchev–Trinajstić information content (AvgIpc) is 3.40. The van der Waals surface area contributed by atoms with Gasteiger partial charge in [0.15, 0.2) is 12.4 Å². The number of hydrogen-bond acceptors (Lipinski definition) is 6. The van der Waals surface area contributed by atoms with Crippen molar-refractivity contribution in [2.24, 2.45) is 0 Å². The molecule has 0 saturated heterocycles. The van der Waals surface area contributed by atoms with Crippen molar-refractivity contribution in [2.75, 3.05) is 11.9 Å². The van der Waals surface area contributed by atoms with Gasteiger partial charge in [-0.15, -0.1) is 0 Å². The van der Waals surface area contributed by atoms with Crippen molar-refractivity contribution in [2.45, 2.75) is 12.7 Å². The lowest BCUT2D eigenvalue weighted by Gasteiger charge is -2.10. The van der Waals surface area contributed by atoms with E-state index in [9.17, 15) is 28.1 Å². The van der Waals surface area contributed by atoms with Gasteiger partial charge in [-0.1, -0.05) is 12.1 Å². The van der Waals surface area contributed by atoms with Crippen LogP contribution < -0.4 is 10.1 Å². The topological polar surface area (TPSA) is 112 Å². The third-order valence-corrected chi connectivity index (χ3v) is 4.64. The number of nitro benzene ring substituents is 1. The number of fused-ring (bicyclic) bond motifs is 1. The van der Waals surface area contributed by atoms with Gasteiger partial charge in [-0.3, -0.25) is 20.2 Å². The summed E-state index contributed by atoms with van der Waals surface area (Å²) in [5.74, 6) is -0.352. The smallest absolute Gasteiger partial charge is 0.416 e. The third kappa shape index (κ3) is 4.79. The summed E-state index contributed by atoms with van der Waals surface area (Å²) in [6, 6.07) is 11.9. The number of carbonyl (C=O) groups excluding carboxylic acids is 1. The van der Waals surface area contributed by atoms with Gasteiger partial charge in [-0.25, -0.2) is 4.98 Å². The molecule has 0 bridgehead atoms. The Balaban J connectivity index is 1.60. The Kier molecular flexibility index (Phi) is 5.73. The molecule has 2 heterocycles. The molecule has 4 aromatic rings. The molecule has 0 unspecified atom stereocenters. The number of para-hydroxylation sites is 2. The molecule has 170 valence electrons. The highest BCUT2D eigenvalue weighted by Gasteiger charge is 2.31. The fourth-order valence-electron chi connectivity index (χ4n) is 3.15. The third-order valence-electron chi connectivity index (χ3n) is 4.64. The Morgan fingerprint density at radius 1 is 1.18 bits per heavy atom. The highest BCUT2D eigenvalue weighted by Crippen LogP contribution is 2.32. The van der Waals surface area contributed by atoms with Gasteiger partial charge in [0.1, 0.15) is 5.76 Å². The van der Waals surface area contributed by atoms with Crippen molar-refractivity contribution < 1.29 is 32.0 Å². The SMILES string of the molecule is O=C(COc1ccccc1[N+](=O)[O-])Nc1nc2cc(C(F)(F)F)ccc2n1Cc1ccco1. The zero-order valence-electron chi connectivity index (χ0n) is 16.7. The first-order valence-corrected chi connectivity index (χ1v) is 9.48. The number of nitro groups is 1. The van der Waals surface area contributed by atoms with Crippen molar-refractivity contribution in [3.05, 3.63) is 82.3 Å². The highest BCUT2D eigenvalue weighted by atomic mass is 19.4. The summed E-state index contributed by atoms with van der Waals surface area (Å²) in [4.78, 5) is 27.0. The standard InChI is InChI=1S/C21H15F3N4O5/c22-21(23,24)13-7-8-16-15(10-13)25-20(27(16)11-14-4-3-9-32-14)26-19(29)12-33-18-6-2-1-5-17(18)28(30)31/h1-10H,11-12H2,(H,25,26,29). The number of furan rings is 1. The van der Waals surface area contributed by atoms with E-state index in [-0.39, 0.29) is 29.4 Å². The second kappa shape index (κ2) is 8.65. The number of alkyl halides is 3. The van der Waals surface area contributed by atoms with E-state index < -0.39 is 29.2 Å². The van der Waals surface area contributed by atoms with E-state index in [0.717, 1.165) is 12.1 Å². The Morgan fingerprint density at radius 3 is 2.67 bits per heavy atom. The van der Waals surface area contributed by atoms with Crippen LogP contribution in [-0.4, -0.2) is 27.0 Å². The minimum atomic E-state index is -4.55. The molecule has 2 aromatic heterocycles. The quantitative estimate of drug-likeness (QED) is 0.318. The lowest BCUT2D eigenvalue weighted by molar-refractivity contribution is -0.385. The maximum absolute atomic E-state index is 13.1. The zero-order chi connectivity index (χ0) is 23.6. The van der Waals surface area contributed by atoms with Gasteiger partial charge in [0, 0.05) is 6.07 Å². The van der Waals surface area contributed by atoms with E-state index >= 15 is 0 Å². The lowest BCUT2D eigenvalue weighted by atomic mass is 10.2. The summed E-state index contributed by atoms with van der Waals surface area (Å²) >= 11 is 0. The first kappa shape index (κ1) is 21.9. The molecule has 12 heteroatoms. The second-order valence-corrected chi connectivity index (χ2v) is 6.86. The molecule has 0 aliphatic heterocycles. The molecule has 1 amide bonds. The van der Waals surface area contributed by atoms with Gasteiger partial charge in [-0.2, -0.15) is 13.2 Å². The molecule has 33 heavy (non-hydrogen) atoms. The largest absolute Gasteiger partial charge is 0.477 e. The second-order valence-electron chi connectivity index (χ2n) is 6.86. The van der Waals surface area contributed by atoms with Crippen molar-refractivity contribution in [3.8, 4) is 5.75 Å². The van der Waals surface area contributed by atoms with Crippen molar-refractivity contribution in [3.63, 3.8) is 0 Å². The number of nitrogens with one attached hydrogen (secondary N) is 1. The Bertz CT molecular complexity index is 1320. The molecule has 0 saturated carbocycles. The number of nitrogens with zero attached hydrogens (tertiary/aromatic N) is 3. The number of anilines is 1. The summed E-state index contributed by atoms with van der Waals surface area (Å²) < 4.78 is 51.4. The molecule has 0 fully saturated rings. The van der Waals surface area contributed by atoms with Crippen LogP contribution in [0.15, 0.2) is 65.3 Å². The van der Waals surface area contributed by atoms with Gasteiger partial charge in [0.25, 0.3) is 5.91 Å². The van der Waals surface area contributed by atoms with Crippen molar-refractivity contribution in [1.82, 2.24) is 9.55 Å². The van der Waals surface area contributed by atoms with E-state index in [1.54, 1.807) is 12.1 Å². The predicted molar refractivity (Wildman–Crippen MR) is 110 cm³/mol. The number of hydrogen-bond donors (Lipinski definition) is 1. The van der Waals surface area contributed by atoms with Crippen LogP contribution in [0.2, 0.25) is 0 Å². The molecule has 0 radical (unpaired) electrons. The van der Waals surface area contributed by atoms with Crippen LogP contribution in [0.1, 0.15) is 11.3 Å². The van der Waals surface area contributed by atoms with Crippen LogP contribution >= 0.6 is 0 Å². The number of carbonyl (C=O) groups is 1. The van der Waals surface area contributed by atoms with Gasteiger partial charge < -0.3 is 13.7 Å². The number of aromatic nitrogens is 2. The minimum Gasteiger partial charge on any atom is -0.477 e. The summed E-state index contributed by atoms with van der Waals surface area (Å²) in [5, 5.41) is 13.6. The zero-order valence-corrected chi connectivity index (χ0v) is 16.7. The Morgan fingerprint density at radius 2 is 1.97 bits per heavy atom. The number of benzene rings is 2. The minimum absolute atomic E-state index is 0.0197. The normalized spacial score (nSPS) is 11.5. The maximum atomic E-state index is 13.1. The molecule has 9 nitrogen and oxygen atoms in total.